The third-order valence-electron chi connectivity index (χ3n) is 4.11. The molecule has 0 bridgehead atoms. The predicted octanol–water partition coefficient (Wildman–Crippen LogP) is 1.27. The molecule has 1 aromatic rings. The van der Waals surface area contributed by atoms with Gasteiger partial charge in [0.2, 0.25) is 10.0 Å². The average molecular weight is 346 g/mol. The number of anilines is 1. The molecule has 1 aromatic heterocycles. The van der Waals surface area contributed by atoms with E-state index in [2.05, 4.69) is 9.71 Å². The third-order valence-corrected chi connectivity index (χ3v) is 6.82. The molecule has 0 unspecified atom stereocenters. The molecule has 0 aromatic carbocycles. The second-order valence-corrected chi connectivity index (χ2v) is 8.39. The van der Waals surface area contributed by atoms with Crippen molar-refractivity contribution in [1.29, 1.82) is 0 Å². The standard InChI is InChI=1S/C13H18N2O5S2/c1-19-11(16)13(4-6-20-7-5-13)10-8-21-12(14-10)15-22(17,18)9-2-3-9/h8-9H,2-7H2,1H3,(H,14,15). The lowest BCUT2D eigenvalue weighted by Crippen LogP contribution is -2.42. The maximum atomic E-state index is 12.3. The van der Waals surface area contributed by atoms with Crippen LogP contribution in [0.3, 0.4) is 0 Å². The molecule has 2 fully saturated rings. The molecule has 0 amide bonds. The van der Waals surface area contributed by atoms with Crippen LogP contribution in [0.4, 0.5) is 5.13 Å². The van der Waals surface area contributed by atoms with Gasteiger partial charge in [0, 0.05) is 18.6 Å². The second kappa shape index (κ2) is 5.78. The zero-order valence-electron chi connectivity index (χ0n) is 12.2. The Hall–Kier alpha value is -1.19. The summed E-state index contributed by atoms with van der Waals surface area (Å²) in [6, 6.07) is 0. The first-order valence-corrected chi connectivity index (χ1v) is 9.54. The molecule has 1 aliphatic carbocycles. The number of carbonyl (C=O) groups is 1. The van der Waals surface area contributed by atoms with Gasteiger partial charge in [-0.2, -0.15) is 0 Å². The number of esters is 1. The molecule has 9 heteroatoms. The van der Waals surface area contributed by atoms with Gasteiger partial charge in [0.1, 0.15) is 5.41 Å². The number of carbonyl (C=O) groups excluding carboxylic acids is 1. The van der Waals surface area contributed by atoms with Gasteiger partial charge in [-0.15, -0.1) is 11.3 Å². The van der Waals surface area contributed by atoms with Gasteiger partial charge in [0.25, 0.3) is 0 Å². The Morgan fingerprint density at radius 2 is 2.14 bits per heavy atom. The van der Waals surface area contributed by atoms with Crippen molar-refractivity contribution in [2.45, 2.75) is 36.3 Å². The van der Waals surface area contributed by atoms with E-state index < -0.39 is 15.4 Å². The minimum Gasteiger partial charge on any atom is -0.468 e. The van der Waals surface area contributed by atoms with E-state index in [9.17, 15) is 13.2 Å². The number of nitrogens with one attached hydrogen (secondary N) is 1. The summed E-state index contributed by atoms with van der Waals surface area (Å²) >= 11 is 1.19. The van der Waals surface area contributed by atoms with Crippen molar-refractivity contribution in [3.8, 4) is 0 Å². The zero-order valence-corrected chi connectivity index (χ0v) is 13.8. The van der Waals surface area contributed by atoms with Crippen LogP contribution in [0.1, 0.15) is 31.4 Å². The predicted molar refractivity (Wildman–Crippen MR) is 81.4 cm³/mol. The normalized spacial score (nSPS) is 21.3. The highest BCUT2D eigenvalue weighted by Gasteiger charge is 2.45. The highest BCUT2D eigenvalue weighted by atomic mass is 32.2. The van der Waals surface area contributed by atoms with Gasteiger partial charge in [0.05, 0.1) is 18.1 Å². The van der Waals surface area contributed by atoms with Crippen molar-refractivity contribution in [1.82, 2.24) is 4.98 Å². The van der Waals surface area contributed by atoms with Gasteiger partial charge in [-0.1, -0.05) is 0 Å². The topological polar surface area (TPSA) is 94.6 Å². The van der Waals surface area contributed by atoms with Crippen LogP contribution in [0.5, 0.6) is 0 Å². The monoisotopic (exact) mass is 346 g/mol. The Bertz CT molecular complexity index is 660. The third kappa shape index (κ3) is 2.84. The largest absolute Gasteiger partial charge is 0.468 e. The summed E-state index contributed by atoms with van der Waals surface area (Å²) in [5.74, 6) is -0.349. The van der Waals surface area contributed by atoms with Crippen LogP contribution in [0.25, 0.3) is 0 Å². The zero-order chi connectivity index (χ0) is 15.8. The smallest absolute Gasteiger partial charge is 0.318 e. The van der Waals surface area contributed by atoms with Gasteiger partial charge in [-0.3, -0.25) is 9.52 Å². The second-order valence-electron chi connectivity index (χ2n) is 5.57. The first kappa shape index (κ1) is 15.7. The fourth-order valence-electron chi connectivity index (χ4n) is 2.60. The van der Waals surface area contributed by atoms with E-state index >= 15 is 0 Å². The van der Waals surface area contributed by atoms with Crippen molar-refractivity contribution in [3.05, 3.63) is 11.1 Å². The van der Waals surface area contributed by atoms with E-state index in [0.29, 0.717) is 49.7 Å². The summed E-state index contributed by atoms with van der Waals surface area (Å²) in [6.45, 7) is 0.908. The van der Waals surface area contributed by atoms with E-state index in [-0.39, 0.29) is 11.2 Å². The Morgan fingerprint density at radius 1 is 1.45 bits per heavy atom. The fourth-order valence-corrected chi connectivity index (χ4v) is 5.01. The maximum absolute atomic E-state index is 12.3. The molecule has 1 saturated carbocycles. The number of rotatable bonds is 5. The van der Waals surface area contributed by atoms with Crippen LogP contribution < -0.4 is 4.72 Å². The molecule has 3 rings (SSSR count). The van der Waals surface area contributed by atoms with Crippen molar-refractivity contribution >= 4 is 32.5 Å². The van der Waals surface area contributed by atoms with Crippen molar-refractivity contribution in [3.63, 3.8) is 0 Å². The molecule has 2 heterocycles. The number of ether oxygens (including phenoxy) is 2. The SMILES string of the molecule is COC(=O)C1(c2csc(NS(=O)(=O)C3CC3)n2)CCOCC1. The number of nitrogens with zero attached hydrogens (tertiary/aromatic N) is 1. The Labute approximate surface area is 133 Å². The maximum Gasteiger partial charge on any atom is 0.318 e. The van der Waals surface area contributed by atoms with Crippen LogP contribution in [0.2, 0.25) is 0 Å². The highest BCUT2D eigenvalue weighted by molar-refractivity contribution is 7.93. The number of methoxy groups -OCH3 is 1. The minimum absolute atomic E-state index is 0.302. The van der Waals surface area contributed by atoms with Gasteiger partial charge in [-0.05, 0) is 25.7 Å². The summed E-state index contributed by atoms with van der Waals surface area (Å²) < 4.78 is 36.7. The summed E-state index contributed by atoms with van der Waals surface area (Å²) in [7, 11) is -2.00. The van der Waals surface area contributed by atoms with E-state index in [4.69, 9.17) is 9.47 Å². The van der Waals surface area contributed by atoms with Crippen molar-refractivity contribution in [2.75, 3.05) is 25.0 Å². The van der Waals surface area contributed by atoms with E-state index in [1.165, 1.54) is 18.4 Å². The molecule has 122 valence electrons. The Balaban J connectivity index is 1.85. The first-order valence-electron chi connectivity index (χ1n) is 7.12. The minimum atomic E-state index is -3.35. The molecule has 0 spiro atoms. The number of hydrogen-bond donors (Lipinski definition) is 1. The van der Waals surface area contributed by atoms with Crippen LogP contribution in [0.15, 0.2) is 5.38 Å². The molecule has 1 aliphatic heterocycles. The summed E-state index contributed by atoms with van der Waals surface area (Å²) in [4.78, 5) is 16.6. The molecule has 1 saturated heterocycles. The number of aromatic nitrogens is 1. The van der Waals surface area contributed by atoms with Gasteiger partial charge in [-0.25, -0.2) is 13.4 Å². The molecule has 1 N–H and O–H groups in total. The molecule has 0 atom stereocenters. The van der Waals surface area contributed by atoms with E-state index in [1.807, 2.05) is 0 Å². The summed E-state index contributed by atoms with van der Waals surface area (Å²) in [6.07, 6.45) is 2.35. The van der Waals surface area contributed by atoms with Crippen molar-refractivity contribution in [2.24, 2.45) is 0 Å². The quantitative estimate of drug-likeness (QED) is 0.807. The molecule has 7 nitrogen and oxygen atoms in total. The number of thiazole rings is 1. The molecule has 2 aliphatic rings. The first-order chi connectivity index (χ1) is 10.5. The molecule has 22 heavy (non-hydrogen) atoms. The van der Waals surface area contributed by atoms with Gasteiger partial charge in [0.15, 0.2) is 5.13 Å². The van der Waals surface area contributed by atoms with Crippen LogP contribution >= 0.6 is 11.3 Å². The number of hydrogen-bond acceptors (Lipinski definition) is 7. The van der Waals surface area contributed by atoms with Crippen LogP contribution in [-0.4, -0.2) is 44.9 Å². The van der Waals surface area contributed by atoms with Gasteiger partial charge >= 0.3 is 5.97 Å². The fraction of sp³-hybridized carbons (Fsp3) is 0.692. The summed E-state index contributed by atoms with van der Waals surface area (Å²) in [5.41, 5.74) is -0.284. The number of sulfonamides is 1. The lowest BCUT2D eigenvalue weighted by molar-refractivity contribution is -0.151. The highest BCUT2D eigenvalue weighted by Crippen LogP contribution is 2.38. The van der Waals surface area contributed by atoms with Crippen LogP contribution in [0, 0.1) is 0 Å². The van der Waals surface area contributed by atoms with Crippen LogP contribution in [-0.2, 0) is 29.7 Å². The van der Waals surface area contributed by atoms with Gasteiger partial charge < -0.3 is 9.47 Å². The van der Waals surface area contributed by atoms with Crippen molar-refractivity contribution < 1.29 is 22.7 Å². The molecule has 0 radical (unpaired) electrons. The average Bonchev–Trinajstić information content (AvgIpc) is 3.29. The Kier molecular flexibility index (Phi) is 4.13. The lowest BCUT2D eigenvalue weighted by atomic mass is 9.78. The Morgan fingerprint density at radius 3 is 2.73 bits per heavy atom. The van der Waals surface area contributed by atoms with E-state index in [0.717, 1.165) is 0 Å². The molecular weight excluding hydrogens is 328 g/mol. The molecular formula is C13H18N2O5S2. The lowest BCUT2D eigenvalue weighted by Gasteiger charge is -2.32. The summed E-state index contributed by atoms with van der Waals surface area (Å²) in [5, 5.41) is 1.72. The van der Waals surface area contributed by atoms with E-state index in [1.54, 1.807) is 5.38 Å².